The van der Waals surface area contributed by atoms with Crippen LogP contribution in [0.3, 0.4) is 0 Å². The summed E-state index contributed by atoms with van der Waals surface area (Å²) in [5.74, 6) is 0.570. The van der Waals surface area contributed by atoms with Crippen molar-refractivity contribution in [2.75, 3.05) is 0 Å². The maximum atomic E-state index is 3.65. The van der Waals surface area contributed by atoms with Crippen LogP contribution in [0, 0.1) is 10.8 Å². The van der Waals surface area contributed by atoms with Crippen molar-refractivity contribution in [3.8, 4) is 0 Å². The highest BCUT2D eigenvalue weighted by Gasteiger charge is 2.30. The molecule has 114 valence electrons. The summed E-state index contributed by atoms with van der Waals surface area (Å²) in [6.07, 6.45) is 1.20. The summed E-state index contributed by atoms with van der Waals surface area (Å²) in [5.41, 5.74) is 2.07. The Hall–Kier alpha value is -0.820. The number of fused-ring (bicyclic) bond motifs is 1. The van der Waals surface area contributed by atoms with Gasteiger partial charge in [0.1, 0.15) is 0 Å². The van der Waals surface area contributed by atoms with Crippen molar-refractivity contribution in [3.63, 3.8) is 0 Å². The van der Waals surface area contributed by atoms with E-state index in [1.807, 2.05) is 0 Å². The molecule has 0 aliphatic heterocycles. The third-order valence-corrected chi connectivity index (χ3v) is 4.81. The molecule has 0 nitrogen and oxygen atoms in total. The van der Waals surface area contributed by atoms with Gasteiger partial charge in [-0.1, -0.05) is 87.8 Å². The number of hydrogen-bond donors (Lipinski definition) is 0. The third-order valence-electron chi connectivity index (χ3n) is 4.12. The highest BCUT2D eigenvalue weighted by atomic mass is 79.9. The van der Waals surface area contributed by atoms with E-state index in [2.05, 4.69) is 93.9 Å². The van der Waals surface area contributed by atoms with E-state index in [4.69, 9.17) is 0 Å². The summed E-state index contributed by atoms with van der Waals surface area (Å²) >= 11 is 3.65. The van der Waals surface area contributed by atoms with Gasteiger partial charge >= 0.3 is 0 Å². The zero-order chi connectivity index (χ0) is 15.8. The first-order valence-corrected chi connectivity index (χ1v) is 8.55. The molecule has 0 aliphatic carbocycles. The summed E-state index contributed by atoms with van der Waals surface area (Å²) in [5, 5.41) is 2.62. The Morgan fingerprint density at radius 3 is 2.19 bits per heavy atom. The second-order valence-corrected chi connectivity index (χ2v) is 9.26. The molecule has 2 aromatic rings. The molecule has 0 bridgehead atoms. The Kier molecular flexibility index (Phi) is 4.54. The van der Waals surface area contributed by atoms with E-state index in [9.17, 15) is 0 Å². The molecular formula is C20H27Br. The van der Waals surface area contributed by atoms with Crippen molar-refractivity contribution < 1.29 is 0 Å². The lowest BCUT2D eigenvalue weighted by Crippen LogP contribution is -2.23. The van der Waals surface area contributed by atoms with E-state index in [1.165, 1.54) is 27.2 Å². The van der Waals surface area contributed by atoms with Crippen molar-refractivity contribution in [3.05, 3.63) is 46.4 Å². The molecule has 1 heteroatoms. The summed E-state index contributed by atoms with van der Waals surface area (Å²) in [6, 6.07) is 13.4. The molecule has 1 atom stereocenters. The van der Waals surface area contributed by atoms with Gasteiger partial charge in [0.2, 0.25) is 0 Å². The molecule has 0 N–H and O–H groups in total. The van der Waals surface area contributed by atoms with Crippen LogP contribution < -0.4 is 0 Å². The van der Waals surface area contributed by atoms with E-state index in [0.717, 1.165) is 0 Å². The van der Waals surface area contributed by atoms with Crippen molar-refractivity contribution >= 4 is 26.7 Å². The molecule has 2 rings (SSSR count). The molecule has 1 unspecified atom stereocenters. The quantitative estimate of drug-likeness (QED) is 0.540. The van der Waals surface area contributed by atoms with Gasteiger partial charge in [-0.05, 0) is 45.6 Å². The minimum absolute atomic E-state index is 0.271. The van der Waals surface area contributed by atoms with Crippen molar-refractivity contribution in [1.29, 1.82) is 0 Å². The molecule has 0 fully saturated rings. The van der Waals surface area contributed by atoms with Crippen LogP contribution in [0.4, 0.5) is 0 Å². The average molecular weight is 347 g/mol. The van der Waals surface area contributed by atoms with Crippen molar-refractivity contribution in [2.45, 2.75) is 53.9 Å². The molecular weight excluding hydrogens is 320 g/mol. The summed E-state index contributed by atoms with van der Waals surface area (Å²) < 4.78 is 1.18. The van der Waals surface area contributed by atoms with Gasteiger partial charge in [0.15, 0.2) is 0 Å². The Bertz CT molecular complexity index is 626. The fourth-order valence-corrected chi connectivity index (χ4v) is 3.53. The van der Waals surface area contributed by atoms with Gasteiger partial charge in [0.25, 0.3) is 0 Å². The van der Waals surface area contributed by atoms with Gasteiger partial charge in [-0.15, -0.1) is 0 Å². The Morgan fingerprint density at radius 2 is 1.62 bits per heavy atom. The normalized spacial score (nSPS) is 14.4. The highest BCUT2D eigenvalue weighted by molar-refractivity contribution is 9.10. The van der Waals surface area contributed by atoms with Crippen LogP contribution in [0.15, 0.2) is 40.9 Å². The zero-order valence-electron chi connectivity index (χ0n) is 14.1. The smallest absolute Gasteiger partial charge is 0.0253 e. The average Bonchev–Trinajstić information content (AvgIpc) is 2.33. The Morgan fingerprint density at radius 1 is 0.952 bits per heavy atom. The summed E-state index contributed by atoms with van der Waals surface area (Å²) in [4.78, 5) is 0. The number of benzene rings is 2. The lowest BCUT2D eigenvalue weighted by Gasteiger charge is -2.36. The summed E-state index contributed by atoms with van der Waals surface area (Å²) in [6.45, 7) is 14.1. The van der Waals surface area contributed by atoms with Gasteiger partial charge in [0.05, 0.1) is 0 Å². The van der Waals surface area contributed by atoms with E-state index in [0.29, 0.717) is 11.3 Å². The molecule has 0 aromatic heterocycles. The lowest BCUT2D eigenvalue weighted by molar-refractivity contribution is 0.229. The Balaban J connectivity index is 2.50. The monoisotopic (exact) mass is 346 g/mol. The molecule has 0 saturated carbocycles. The van der Waals surface area contributed by atoms with Gasteiger partial charge in [-0.25, -0.2) is 0 Å². The van der Waals surface area contributed by atoms with Crippen LogP contribution in [-0.2, 0) is 0 Å². The minimum atomic E-state index is 0.271. The Labute approximate surface area is 138 Å². The van der Waals surface area contributed by atoms with Crippen LogP contribution in [-0.4, -0.2) is 0 Å². The van der Waals surface area contributed by atoms with Crippen LogP contribution in [0.25, 0.3) is 10.8 Å². The molecule has 0 amide bonds. The van der Waals surface area contributed by atoms with Crippen LogP contribution in [0.2, 0.25) is 0 Å². The topological polar surface area (TPSA) is 0 Å². The van der Waals surface area contributed by atoms with Gasteiger partial charge in [-0.3, -0.25) is 0 Å². The maximum Gasteiger partial charge on any atom is 0.0253 e. The van der Waals surface area contributed by atoms with E-state index in [-0.39, 0.29) is 5.41 Å². The fourth-order valence-electron chi connectivity index (χ4n) is 3.02. The fraction of sp³-hybridized carbons (Fsp3) is 0.500. The van der Waals surface area contributed by atoms with E-state index in [1.54, 1.807) is 0 Å². The highest BCUT2D eigenvalue weighted by Crippen LogP contribution is 2.43. The molecule has 21 heavy (non-hydrogen) atoms. The van der Waals surface area contributed by atoms with Crippen LogP contribution in [0.1, 0.15) is 59.4 Å². The minimum Gasteiger partial charge on any atom is -0.0605 e. The molecule has 0 radical (unpaired) electrons. The molecule has 0 heterocycles. The first-order chi connectivity index (χ1) is 9.58. The first-order valence-electron chi connectivity index (χ1n) is 7.76. The predicted octanol–water partition coefficient (Wildman–Crippen LogP) is 7.17. The van der Waals surface area contributed by atoms with Gasteiger partial charge < -0.3 is 0 Å². The molecule has 0 saturated heterocycles. The van der Waals surface area contributed by atoms with Gasteiger partial charge in [0, 0.05) is 4.47 Å². The van der Waals surface area contributed by atoms with Crippen LogP contribution in [0.5, 0.6) is 0 Å². The number of hydrogen-bond acceptors (Lipinski definition) is 0. The number of halogens is 1. The van der Waals surface area contributed by atoms with Crippen molar-refractivity contribution in [2.24, 2.45) is 10.8 Å². The lowest BCUT2D eigenvalue weighted by atomic mass is 9.69. The van der Waals surface area contributed by atoms with E-state index < -0.39 is 0 Å². The maximum absolute atomic E-state index is 3.65. The molecule has 0 aliphatic rings. The largest absolute Gasteiger partial charge is 0.0605 e. The molecule has 2 aromatic carbocycles. The number of rotatable bonds is 2. The van der Waals surface area contributed by atoms with Crippen molar-refractivity contribution in [1.82, 2.24) is 0 Å². The third kappa shape index (κ3) is 4.10. The van der Waals surface area contributed by atoms with E-state index >= 15 is 0 Å². The standard InChI is InChI=1S/C20H27Br/c1-19(2,3)13-17(20(4,5)6)15-10-11-16-14(12-15)8-7-9-18(16)21/h7-12,17H,13H2,1-6H3. The SMILES string of the molecule is CC(C)(C)CC(c1ccc2c(Br)cccc2c1)C(C)(C)C. The zero-order valence-corrected chi connectivity index (χ0v) is 15.7. The second kappa shape index (κ2) is 5.76. The summed E-state index contributed by atoms with van der Waals surface area (Å²) in [7, 11) is 0. The second-order valence-electron chi connectivity index (χ2n) is 8.40. The first kappa shape index (κ1) is 16.5. The predicted molar refractivity (Wildman–Crippen MR) is 97.9 cm³/mol. The van der Waals surface area contributed by atoms with Gasteiger partial charge in [-0.2, -0.15) is 0 Å². The van der Waals surface area contributed by atoms with Crippen LogP contribution >= 0.6 is 15.9 Å². The molecule has 0 spiro atoms.